The van der Waals surface area contributed by atoms with Crippen LogP contribution in [0.3, 0.4) is 0 Å². The summed E-state index contributed by atoms with van der Waals surface area (Å²) in [5.41, 5.74) is 0.453. The van der Waals surface area contributed by atoms with E-state index >= 15 is 0 Å². The van der Waals surface area contributed by atoms with Crippen LogP contribution in [0.2, 0.25) is 0 Å². The Bertz CT molecular complexity index is 845. The van der Waals surface area contributed by atoms with E-state index in [1.807, 2.05) is 0 Å². The lowest BCUT2D eigenvalue weighted by Crippen LogP contribution is -2.30. The maximum atomic E-state index is 12.3. The Morgan fingerprint density at radius 2 is 1.88 bits per heavy atom. The van der Waals surface area contributed by atoms with Crippen molar-refractivity contribution in [3.8, 4) is 0 Å². The van der Waals surface area contributed by atoms with E-state index in [0.29, 0.717) is 10.4 Å². The minimum Gasteiger partial charge on any atom is -0.451 e. The van der Waals surface area contributed by atoms with Gasteiger partial charge in [0.1, 0.15) is 4.88 Å². The highest BCUT2D eigenvalue weighted by molar-refractivity contribution is 7.89. The van der Waals surface area contributed by atoms with Gasteiger partial charge < -0.3 is 10.1 Å². The third-order valence-corrected chi connectivity index (χ3v) is 6.03. The van der Waals surface area contributed by atoms with Crippen LogP contribution in [0.25, 0.3) is 0 Å². The number of carbonyl (C=O) groups is 2. The molecule has 1 aromatic heterocycles. The molecule has 134 valence electrons. The summed E-state index contributed by atoms with van der Waals surface area (Å²) in [4.78, 5) is 24.0. The Balaban J connectivity index is 1.95. The minimum atomic E-state index is -3.61. The Labute approximate surface area is 150 Å². The number of hydrogen-bond donors (Lipinski definition) is 1. The predicted molar refractivity (Wildman–Crippen MR) is 93.8 cm³/mol. The Morgan fingerprint density at radius 3 is 2.52 bits per heavy atom. The number of benzene rings is 1. The van der Waals surface area contributed by atoms with E-state index in [1.54, 1.807) is 35.7 Å². The van der Waals surface area contributed by atoms with Gasteiger partial charge >= 0.3 is 5.97 Å². The smallest absolute Gasteiger partial charge is 0.348 e. The molecular formula is C16H18N2O5S2. The van der Waals surface area contributed by atoms with Crippen LogP contribution in [-0.4, -0.2) is 45.3 Å². The van der Waals surface area contributed by atoms with Gasteiger partial charge in [0.15, 0.2) is 6.61 Å². The first kappa shape index (κ1) is 19.1. The molecule has 0 aliphatic carbocycles. The molecule has 2 rings (SSSR count). The van der Waals surface area contributed by atoms with E-state index in [-0.39, 0.29) is 11.4 Å². The van der Waals surface area contributed by atoms with Gasteiger partial charge in [-0.1, -0.05) is 24.3 Å². The summed E-state index contributed by atoms with van der Waals surface area (Å²) in [7, 11) is -0.734. The Morgan fingerprint density at radius 1 is 1.16 bits per heavy atom. The first-order valence-corrected chi connectivity index (χ1v) is 9.62. The highest BCUT2D eigenvalue weighted by atomic mass is 32.2. The number of rotatable bonds is 7. The number of amides is 1. The number of thiophene rings is 1. The second-order valence-electron chi connectivity index (χ2n) is 5.23. The second kappa shape index (κ2) is 8.24. The average molecular weight is 382 g/mol. The lowest BCUT2D eigenvalue weighted by molar-refractivity contribution is -0.124. The average Bonchev–Trinajstić information content (AvgIpc) is 3.12. The van der Waals surface area contributed by atoms with Gasteiger partial charge in [0, 0.05) is 20.6 Å². The monoisotopic (exact) mass is 382 g/mol. The van der Waals surface area contributed by atoms with Gasteiger partial charge in [-0.2, -0.15) is 0 Å². The molecule has 2 aromatic rings. The number of ether oxygens (including phenoxy) is 1. The van der Waals surface area contributed by atoms with Crippen molar-refractivity contribution in [2.24, 2.45) is 0 Å². The van der Waals surface area contributed by atoms with E-state index in [1.165, 1.54) is 31.5 Å². The molecule has 25 heavy (non-hydrogen) atoms. The zero-order chi connectivity index (χ0) is 18.4. The fourth-order valence-corrected chi connectivity index (χ4v) is 3.67. The van der Waals surface area contributed by atoms with Gasteiger partial charge in [-0.25, -0.2) is 17.5 Å². The van der Waals surface area contributed by atoms with Crippen molar-refractivity contribution >= 4 is 33.2 Å². The predicted octanol–water partition coefficient (Wildman–Crippen LogP) is 1.47. The maximum absolute atomic E-state index is 12.3. The van der Waals surface area contributed by atoms with Crippen LogP contribution in [0.15, 0.2) is 46.7 Å². The summed E-state index contributed by atoms with van der Waals surface area (Å²) in [5, 5.41) is 4.29. The summed E-state index contributed by atoms with van der Waals surface area (Å²) in [5.74, 6) is -1.08. The molecule has 0 saturated carbocycles. The fraction of sp³-hybridized carbons (Fsp3) is 0.250. The van der Waals surface area contributed by atoms with Crippen LogP contribution in [0, 0.1) is 0 Å². The van der Waals surface area contributed by atoms with E-state index < -0.39 is 28.5 Å². The highest BCUT2D eigenvalue weighted by Crippen LogP contribution is 2.18. The van der Waals surface area contributed by atoms with Gasteiger partial charge in [0.2, 0.25) is 10.0 Å². The van der Waals surface area contributed by atoms with Crippen LogP contribution in [0.5, 0.6) is 0 Å². The molecule has 1 heterocycles. The lowest BCUT2D eigenvalue weighted by atomic mass is 10.2. The molecule has 0 aliphatic rings. The van der Waals surface area contributed by atoms with Crippen molar-refractivity contribution in [3.63, 3.8) is 0 Å². The molecule has 0 saturated heterocycles. The highest BCUT2D eigenvalue weighted by Gasteiger charge is 2.21. The van der Waals surface area contributed by atoms with Crippen molar-refractivity contribution in [1.29, 1.82) is 0 Å². The Hall–Kier alpha value is -2.23. The zero-order valence-electron chi connectivity index (χ0n) is 13.8. The topological polar surface area (TPSA) is 92.8 Å². The number of hydrogen-bond acceptors (Lipinski definition) is 6. The molecule has 0 aliphatic heterocycles. The first-order chi connectivity index (χ1) is 11.8. The minimum absolute atomic E-state index is 0.0125. The van der Waals surface area contributed by atoms with Crippen LogP contribution in [0.1, 0.15) is 15.2 Å². The van der Waals surface area contributed by atoms with Crippen LogP contribution < -0.4 is 5.32 Å². The zero-order valence-corrected chi connectivity index (χ0v) is 15.4. The number of carbonyl (C=O) groups excluding carboxylic acids is 2. The molecular weight excluding hydrogens is 364 g/mol. The summed E-state index contributed by atoms with van der Waals surface area (Å²) in [6.45, 7) is -0.419. The molecule has 1 N–H and O–H groups in total. The summed E-state index contributed by atoms with van der Waals surface area (Å²) in [6, 6.07) is 9.72. The van der Waals surface area contributed by atoms with Gasteiger partial charge in [-0.05, 0) is 23.1 Å². The van der Waals surface area contributed by atoms with Crippen LogP contribution >= 0.6 is 11.3 Å². The normalized spacial score (nSPS) is 11.3. The standard InChI is InChI=1S/C16H18N2O5S2/c1-18(2)25(21,22)14-8-4-3-6-12(14)10-17-15(19)11-23-16(20)13-7-5-9-24-13/h3-9H,10-11H2,1-2H3,(H,17,19). The molecule has 1 aromatic carbocycles. The largest absolute Gasteiger partial charge is 0.451 e. The molecule has 1 amide bonds. The molecule has 0 radical (unpaired) electrons. The molecule has 0 bridgehead atoms. The van der Waals surface area contributed by atoms with Gasteiger partial charge in [-0.3, -0.25) is 4.79 Å². The second-order valence-corrected chi connectivity index (χ2v) is 8.29. The van der Waals surface area contributed by atoms with Crippen molar-refractivity contribution in [1.82, 2.24) is 9.62 Å². The van der Waals surface area contributed by atoms with Crippen molar-refractivity contribution in [3.05, 3.63) is 52.2 Å². The van der Waals surface area contributed by atoms with Crippen molar-refractivity contribution in [2.45, 2.75) is 11.4 Å². The number of esters is 1. The van der Waals surface area contributed by atoms with Gasteiger partial charge in [0.25, 0.3) is 5.91 Å². The number of nitrogens with zero attached hydrogens (tertiary/aromatic N) is 1. The fourth-order valence-electron chi connectivity index (χ4n) is 1.94. The lowest BCUT2D eigenvalue weighted by Gasteiger charge is -2.15. The first-order valence-electron chi connectivity index (χ1n) is 7.30. The molecule has 0 spiro atoms. The number of nitrogens with one attached hydrogen (secondary N) is 1. The molecule has 0 unspecified atom stereocenters. The van der Waals surface area contributed by atoms with E-state index in [2.05, 4.69) is 5.32 Å². The molecule has 0 atom stereocenters. The third-order valence-electron chi connectivity index (χ3n) is 3.26. The molecule has 7 nitrogen and oxygen atoms in total. The van der Waals surface area contributed by atoms with E-state index in [0.717, 1.165) is 4.31 Å². The third kappa shape index (κ3) is 4.88. The van der Waals surface area contributed by atoms with Crippen molar-refractivity contribution < 1.29 is 22.7 Å². The SMILES string of the molecule is CN(C)S(=O)(=O)c1ccccc1CNC(=O)COC(=O)c1cccs1. The maximum Gasteiger partial charge on any atom is 0.348 e. The van der Waals surface area contributed by atoms with Crippen molar-refractivity contribution in [2.75, 3.05) is 20.7 Å². The van der Waals surface area contributed by atoms with E-state index in [9.17, 15) is 18.0 Å². The number of sulfonamides is 1. The quantitative estimate of drug-likeness (QED) is 0.732. The van der Waals surface area contributed by atoms with E-state index in [4.69, 9.17) is 4.74 Å². The van der Waals surface area contributed by atoms with Crippen LogP contribution in [-0.2, 0) is 26.1 Å². The van der Waals surface area contributed by atoms with Gasteiger partial charge in [-0.15, -0.1) is 11.3 Å². The van der Waals surface area contributed by atoms with Gasteiger partial charge in [0.05, 0.1) is 4.90 Å². The molecule has 9 heteroatoms. The summed E-state index contributed by atoms with van der Waals surface area (Å²) < 4.78 is 30.6. The Kier molecular flexibility index (Phi) is 6.29. The summed E-state index contributed by atoms with van der Waals surface area (Å²) in [6.07, 6.45) is 0. The summed E-state index contributed by atoms with van der Waals surface area (Å²) >= 11 is 1.22. The van der Waals surface area contributed by atoms with Crippen LogP contribution in [0.4, 0.5) is 0 Å². The molecule has 0 fully saturated rings.